The van der Waals surface area contributed by atoms with Crippen LogP contribution in [0.25, 0.3) is 0 Å². The average Bonchev–Trinajstić information content (AvgIpc) is 2.77. The highest BCUT2D eigenvalue weighted by Crippen LogP contribution is 2.34. The summed E-state index contributed by atoms with van der Waals surface area (Å²) in [5.74, 6) is -1.30. The Bertz CT molecular complexity index is 967. The lowest BCUT2D eigenvalue weighted by Crippen LogP contribution is -2.53. The fourth-order valence-corrected chi connectivity index (χ4v) is 4.06. The molecule has 0 unspecified atom stereocenters. The summed E-state index contributed by atoms with van der Waals surface area (Å²) in [7, 11) is 0. The molecule has 1 aliphatic heterocycles. The molecule has 1 heterocycles. The monoisotopic (exact) mass is 409 g/mol. The van der Waals surface area contributed by atoms with E-state index in [1.165, 1.54) is 17.7 Å². The zero-order valence-corrected chi connectivity index (χ0v) is 16.7. The summed E-state index contributed by atoms with van der Waals surface area (Å²) in [5.41, 5.74) is 0.646. The standard InChI is InChI=1S/C25H25F2NO2/c26-22-12-11-20(23(27)15-22)16-25(29,21-9-5-2-6-10-21)24-18-28(13-14-30-24)17-19-7-3-1-4-8-19/h1-12,15,24,29H,13-14,16-18H2/t24-,25-/m1/s1. The van der Waals surface area contributed by atoms with Gasteiger partial charge in [-0.05, 0) is 22.8 Å². The fraction of sp³-hybridized carbons (Fsp3) is 0.280. The molecule has 30 heavy (non-hydrogen) atoms. The van der Waals surface area contributed by atoms with Gasteiger partial charge in [0.05, 0.1) is 6.61 Å². The summed E-state index contributed by atoms with van der Waals surface area (Å²) < 4.78 is 33.8. The Balaban J connectivity index is 1.62. The van der Waals surface area contributed by atoms with Crippen molar-refractivity contribution in [1.29, 1.82) is 0 Å². The molecule has 0 spiro atoms. The lowest BCUT2D eigenvalue weighted by atomic mass is 9.81. The molecule has 0 aliphatic carbocycles. The summed E-state index contributed by atoms with van der Waals surface area (Å²) in [4.78, 5) is 2.23. The van der Waals surface area contributed by atoms with Crippen LogP contribution in [-0.4, -0.2) is 35.8 Å². The van der Waals surface area contributed by atoms with E-state index < -0.39 is 23.3 Å². The Morgan fingerprint density at radius 1 is 0.967 bits per heavy atom. The molecule has 0 saturated carbocycles. The predicted octanol–water partition coefficient (Wildman–Crippen LogP) is 4.30. The molecule has 1 fully saturated rings. The number of rotatable bonds is 6. The lowest BCUT2D eigenvalue weighted by molar-refractivity contribution is -0.150. The van der Waals surface area contributed by atoms with Crippen LogP contribution < -0.4 is 0 Å². The van der Waals surface area contributed by atoms with Crippen LogP contribution in [0.4, 0.5) is 8.78 Å². The molecule has 5 heteroatoms. The van der Waals surface area contributed by atoms with Crippen LogP contribution in [0.3, 0.4) is 0 Å². The van der Waals surface area contributed by atoms with Crippen LogP contribution in [0.1, 0.15) is 16.7 Å². The van der Waals surface area contributed by atoms with E-state index in [4.69, 9.17) is 4.74 Å². The molecule has 3 aromatic rings. The van der Waals surface area contributed by atoms with Gasteiger partial charge in [0.15, 0.2) is 0 Å². The van der Waals surface area contributed by atoms with E-state index >= 15 is 0 Å². The highest BCUT2D eigenvalue weighted by atomic mass is 19.1. The second-order valence-electron chi connectivity index (χ2n) is 7.78. The van der Waals surface area contributed by atoms with Gasteiger partial charge in [-0.3, -0.25) is 4.90 Å². The van der Waals surface area contributed by atoms with E-state index in [0.717, 1.165) is 19.2 Å². The minimum absolute atomic E-state index is 0.00697. The van der Waals surface area contributed by atoms with Gasteiger partial charge in [-0.15, -0.1) is 0 Å². The highest BCUT2D eigenvalue weighted by molar-refractivity contribution is 5.30. The molecule has 2 atom stereocenters. The molecule has 1 saturated heterocycles. The van der Waals surface area contributed by atoms with E-state index in [-0.39, 0.29) is 12.0 Å². The van der Waals surface area contributed by atoms with Crippen LogP contribution in [0, 0.1) is 11.6 Å². The number of hydrogen-bond acceptors (Lipinski definition) is 3. The van der Waals surface area contributed by atoms with Crippen molar-refractivity contribution >= 4 is 0 Å². The van der Waals surface area contributed by atoms with Crippen molar-refractivity contribution in [3.8, 4) is 0 Å². The molecule has 0 aromatic heterocycles. The molecule has 3 aromatic carbocycles. The third-order valence-electron chi connectivity index (χ3n) is 5.68. The Hall–Kier alpha value is -2.60. The van der Waals surface area contributed by atoms with Crippen molar-refractivity contribution in [2.45, 2.75) is 24.7 Å². The van der Waals surface area contributed by atoms with E-state index in [1.54, 1.807) is 0 Å². The molecule has 0 amide bonds. The number of nitrogens with zero attached hydrogens (tertiary/aromatic N) is 1. The second kappa shape index (κ2) is 9.04. The summed E-state index contributed by atoms with van der Waals surface area (Å²) >= 11 is 0. The van der Waals surface area contributed by atoms with Crippen molar-refractivity contribution in [3.63, 3.8) is 0 Å². The van der Waals surface area contributed by atoms with Gasteiger partial charge in [-0.1, -0.05) is 66.7 Å². The molecule has 4 rings (SSSR count). The van der Waals surface area contributed by atoms with Crippen LogP contribution in [-0.2, 0) is 23.3 Å². The largest absolute Gasteiger partial charge is 0.382 e. The molecule has 0 radical (unpaired) electrons. The molecule has 1 N–H and O–H groups in total. The Labute approximate surface area is 175 Å². The Morgan fingerprint density at radius 3 is 2.37 bits per heavy atom. The summed E-state index contributed by atoms with van der Waals surface area (Å²) in [6, 6.07) is 22.8. The maximum absolute atomic E-state index is 14.4. The smallest absolute Gasteiger partial charge is 0.129 e. The third kappa shape index (κ3) is 4.59. The highest BCUT2D eigenvalue weighted by Gasteiger charge is 2.42. The maximum atomic E-state index is 14.4. The van der Waals surface area contributed by atoms with Crippen LogP contribution in [0.15, 0.2) is 78.9 Å². The Kier molecular flexibility index (Phi) is 6.23. The molecular weight excluding hydrogens is 384 g/mol. The average molecular weight is 409 g/mol. The van der Waals surface area contributed by atoms with Gasteiger partial charge in [0.1, 0.15) is 23.3 Å². The van der Waals surface area contributed by atoms with Crippen LogP contribution in [0.2, 0.25) is 0 Å². The number of benzene rings is 3. The van der Waals surface area contributed by atoms with Gasteiger partial charge >= 0.3 is 0 Å². The van der Waals surface area contributed by atoms with Gasteiger partial charge in [-0.25, -0.2) is 8.78 Å². The number of halogens is 2. The van der Waals surface area contributed by atoms with Gasteiger partial charge in [-0.2, -0.15) is 0 Å². The molecular formula is C25H25F2NO2. The normalized spacial score (nSPS) is 19.4. The minimum Gasteiger partial charge on any atom is -0.382 e. The predicted molar refractivity (Wildman–Crippen MR) is 112 cm³/mol. The number of hydrogen-bond donors (Lipinski definition) is 1. The molecule has 1 aliphatic rings. The fourth-order valence-electron chi connectivity index (χ4n) is 4.06. The van der Waals surface area contributed by atoms with Crippen LogP contribution >= 0.6 is 0 Å². The van der Waals surface area contributed by atoms with Crippen LogP contribution in [0.5, 0.6) is 0 Å². The third-order valence-corrected chi connectivity index (χ3v) is 5.68. The number of ether oxygens (including phenoxy) is 1. The molecule has 3 nitrogen and oxygen atoms in total. The number of morpholine rings is 1. The lowest BCUT2D eigenvalue weighted by Gasteiger charge is -2.42. The summed E-state index contributed by atoms with van der Waals surface area (Å²) in [6.07, 6.45) is -0.561. The van der Waals surface area contributed by atoms with E-state index in [2.05, 4.69) is 17.0 Å². The minimum atomic E-state index is -1.45. The van der Waals surface area contributed by atoms with E-state index in [1.807, 2.05) is 48.5 Å². The second-order valence-corrected chi connectivity index (χ2v) is 7.78. The first-order chi connectivity index (χ1) is 14.5. The van der Waals surface area contributed by atoms with Crippen molar-refractivity contribution in [3.05, 3.63) is 107 Å². The maximum Gasteiger partial charge on any atom is 0.129 e. The van der Waals surface area contributed by atoms with Crippen molar-refractivity contribution < 1.29 is 18.6 Å². The van der Waals surface area contributed by atoms with Crippen molar-refractivity contribution in [1.82, 2.24) is 4.90 Å². The first kappa shape index (κ1) is 20.7. The molecule has 156 valence electrons. The zero-order valence-electron chi connectivity index (χ0n) is 16.7. The first-order valence-electron chi connectivity index (χ1n) is 10.1. The molecule has 0 bridgehead atoms. The zero-order chi connectivity index (χ0) is 21.0. The van der Waals surface area contributed by atoms with E-state index in [9.17, 15) is 13.9 Å². The van der Waals surface area contributed by atoms with Gasteiger partial charge < -0.3 is 9.84 Å². The van der Waals surface area contributed by atoms with E-state index in [0.29, 0.717) is 18.7 Å². The topological polar surface area (TPSA) is 32.7 Å². The first-order valence-corrected chi connectivity index (χ1v) is 10.1. The van der Waals surface area contributed by atoms with Gasteiger partial charge in [0, 0.05) is 32.1 Å². The van der Waals surface area contributed by atoms with Gasteiger partial charge in [0.2, 0.25) is 0 Å². The number of aliphatic hydroxyl groups is 1. The van der Waals surface area contributed by atoms with Crippen molar-refractivity contribution in [2.75, 3.05) is 19.7 Å². The Morgan fingerprint density at radius 2 is 1.67 bits per heavy atom. The quantitative estimate of drug-likeness (QED) is 0.659. The van der Waals surface area contributed by atoms with Gasteiger partial charge in [0.25, 0.3) is 0 Å². The van der Waals surface area contributed by atoms with Crippen molar-refractivity contribution in [2.24, 2.45) is 0 Å². The SMILES string of the molecule is O[C@](Cc1ccc(F)cc1F)(c1ccccc1)[C@H]1CN(Cc2ccccc2)CCO1. The summed E-state index contributed by atoms with van der Waals surface area (Å²) in [6.45, 7) is 2.47. The summed E-state index contributed by atoms with van der Waals surface area (Å²) in [5, 5.41) is 11.8.